The predicted octanol–water partition coefficient (Wildman–Crippen LogP) is 4.53. The molecule has 3 N–H and O–H groups in total. The normalized spacial score (nSPS) is 14.8. The van der Waals surface area contributed by atoms with Gasteiger partial charge in [-0.05, 0) is 73.8 Å². The summed E-state index contributed by atoms with van der Waals surface area (Å²) in [7, 11) is 1.98. The molecule has 3 heterocycles. The quantitative estimate of drug-likeness (QED) is 0.345. The highest BCUT2D eigenvalue weighted by molar-refractivity contribution is 7.17. The van der Waals surface area contributed by atoms with Gasteiger partial charge in [0, 0.05) is 40.3 Å². The van der Waals surface area contributed by atoms with E-state index in [4.69, 9.17) is 0 Å². The van der Waals surface area contributed by atoms with Crippen LogP contribution < -0.4 is 16.0 Å². The van der Waals surface area contributed by atoms with Crippen molar-refractivity contribution in [2.45, 2.75) is 31.8 Å². The van der Waals surface area contributed by atoms with E-state index in [0.29, 0.717) is 28.2 Å². The van der Waals surface area contributed by atoms with E-state index in [1.165, 1.54) is 16.2 Å². The van der Waals surface area contributed by atoms with Crippen molar-refractivity contribution in [3.05, 3.63) is 87.5 Å². The summed E-state index contributed by atoms with van der Waals surface area (Å²) in [5.74, 6) is -0.340. The van der Waals surface area contributed by atoms with Gasteiger partial charge in [-0.15, -0.1) is 22.7 Å². The molecule has 1 aromatic carbocycles. The van der Waals surface area contributed by atoms with Crippen LogP contribution in [-0.4, -0.2) is 34.9 Å². The van der Waals surface area contributed by atoms with Crippen LogP contribution in [0.1, 0.15) is 42.6 Å². The van der Waals surface area contributed by atoms with Crippen LogP contribution in [0.25, 0.3) is 10.4 Å². The first-order valence-corrected chi connectivity index (χ1v) is 13.1. The number of hydrogen-bond donors (Lipinski definition) is 3. The molecule has 3 aromatic heterocycles. The second-order valence-corrected chi connectivity index (χ2v) is 10.5. The number of pyridine rings is 1. The third kappa shape index (κ3) is 5.48. The fraction of sp³-hybridized carbons (Fsp3) is 0.231. The molecule has 0 aliphatic heterocycles. The summed E-state index contributed by atoms with van der Waals surface area (Å²) in [6.45, 7) is 0.333. The van der Waals surface area contributed by atoms with Gasteiger partial charge >= 0.3 is 0 Å². The molecule has 1 aliphatic rings. The highest BCUT2D eigenvalue weighted by Gasteiger charge is 2.22. The van der Waals surface area contributed by atoms with Crippen molar-refractivity contribution in [2.24, 2.45) is 0 Å². The van der Waals surface area contributed by atoms with Crippen molar-refractivity contribution in [1.29, 1.82) is 0 Å². The molecule has 1 unspecified atom stereocenters. The van der Waals surface area contributed by atoms with Crippen molar-refractivity contribution >= 4 is 39.6 Å². The first-order chi connectivity index (χ1) is 17.1. The zero-order chi connectivity index (χ0) is 24.2. The van der Waals surface area contributed by atoms with Gasteiger partial charge in [0.05, 0.1) is 10.6 Å². The Hall–Kier alpha value is -3.40. The van der Waals surface area contributed by atoms with Crippen molar-refractivity contribution in [3.63, 3.8) is 0 Å². The smallest absolute Gasteiger partial charge is 0.261 e. The number of hydrogen-bond acceptors (Lipinski definition) is 7. The highest BCUT2D eigenvalue weighted by Crippen LogP contribution is 2.30. The lowest BCUT2D eigenvalue weighted by atomic mass is 9.98. The summed E-state index contributed by atoms with van der Waals surface area (Å²) in [4.78, 5) is 37.1. The Morgan fingerprint density at radius 2 is 1.91 bits per heavy atom. The minimum absolute atomic E-state index is 0.140. The van der Waals surface area contributed by atoms with Gasteiger partial charge < -0.3 is 10.6 Å². The third-order valence-corrected chi connectivity index (χ3v) is 8.17. The fourth-order valence-electron chi connectivity index (χ4n) is 4.07. The Bertz CT molecular complexity index is 1350. The molecule has 0 bridgehead atoms. The maximum absolute atomic E-state index is 12.8. The standard InChI is InChI=1S/C26H25N5O2S2/c1-27-19-5-6-20-23(14-19)35-26(30-20)31-24(32)18-4-2-3-16(13-18)15-29-25(33)22-8-7-21(34-22)17-9-11-28-12-10-17/h2-4,7-13,19,27H,5-6,14-15H2,1H3,(H,29,33)(H,30,31,32). The zero-order valence-electron chi connectivity index (χ0n) is 19.2. The van der Waals surface area contributed by atoms with E-state index in [9.17, 15) is 9.59 Å². The fourth-order valence-corrected chi connectivity index (χ4v) is 6.08. The average Bonchev–Trinajstić information content (AvgIpc) is 3.54. The van der Waals surface area contributed by atoms with E-state index in [0.717, 1.165) is 41.0 Å². The Balaban J connectivity index is 1.19. The number of amides is 2. The highest BCUT2D eigenvalue weighted by atomic mass is 32.1. The zero-order valence-corrected chi connectivity index (χ0v) is 20.8. The van der Waals surface area contributed by atoms with E-state index in [1.807, 2.05) is 43.4 Å². The number of nitrogens with zero attached hydrogens (tertiary/aromatic N) is 2. The number of aryl methyl sites for hydroxylation is 1. The van der Waals surface area contributed by atoms with Crippen molar-refractivity contribution in [2.75, 3.05) is 12.4 Å². The van der Waals surface area contributed by atoms with E-state index in [2.05, 4.69) is 25.9 Å². The summed E-state index contributed by atoms with van der Waals surface area (Å²) in [6.07, 6.45) is 6.41. The Kier molecular flexibility index (Phi) is 6.98. The number of benzene rings is 1. The second kappa shape index (κ2) is 10.5. The molecular weight excluding hydrogens is 478 g/mol. The number of likely N-dealkylation sites (N-methyl/N-ethyl adjacent to an activating group) is 1. The molecule has 1 atom stereocenters. The van der Waals surface area contributed by atoms with Gasteiger partial charge in [-0.1, -0.05) is 12.1 Å². The van der Waals surface area contributed by atoms with Gasteiger partial charge in [0.25, 0.3) is 11.8 Å². The lowest BCUT2D eigenvalue weighted by Gasteiger charge is -2.19. The average molecular weight is 504 g/mol. The summed E-state index contributed by atoms with van der Waals surface area (Å²) in [5, 5.41) is 9.86. The second-order valence-electron chi connectivity index (χ2n) is 8.35. The molecule has 0 radical (unpaired) electrons. The molecule has 9 heteroatoms. The molecule has 5 rings (SSSR count). The maximum atomic E-state index is 12.8. The number of carbonyl (C=O) groups is 2. The topological polar surface area (TPSA) is 96.0 Å². The number of thiophene rings is 1. The molecule has 35 heavy (non-hydrogen) atoms. The van der Waals surface area contributed by atoms with E-state index < -0.39 is 0 Å². The largest absolute Gasteiger partial charge is 0.347 e. The number of aromatic nitrogens is 2. The monoisotopic (exact) mass is 503 g/mol. The summed E-state index contributed by atoms with van der Waals surface area (Å²) < 4.78 is 0. The van der Waals surface area contributed by atoms with Crippen LogP contribution in [0.3, 0.4) is 0 Å². The van der Waals surface area contributed by atoms with Crippen LogP contribution in [0.4, 0.5) is 5.13 Å². The predicted molar refractivity (Wildman–Crippen MR) is 140 cm³/mol. The van der Waals surface area contributed by atoms with Crippen molar-refractivity contribution in [1.82, 2.24) is 20.6 Å². The van der Waals surface area contributed by atoms with Crippen molar-refractivity contribution in [3.8, 4) is 10.4 Å². The van der Waals surface area contributed by atoms with Gasteiger partial charge in [-0.25, -0.2) is 4.98 Å². The van der Waals surface area contributed by atoms with Crippen LogP contribution >= 0.6 is 22.7 Å². The molecule has 178 valence electrons. The molecule has 0 fully saturated rings. The summed E-state index contributed by atoms with van der Waals surface area (Å²) >= 11 is 2.99. The van der Waals surface area contributed by atoms with Crippen LogP contribution in [0, 0.1) is 0 Å². The maximum Gasteiger partial charge on any atom is 0.261 e. The molecule has 2 amide bonds. The lowest BCUT2D eigenvalue weighted by Crippen LogP contribution is -2.30. The van der Waals surface area contributed by atoms with Gasteiger partial charge in [0.1, 0.15) is 0 Å². The number of rotatable bonds is 7. The summed E-state index contributed by atoms with van der Waals surface area (Å²) in [5.41, 5.74) is 3.51. The van der Waals surface area contributed by atoms with Crippen molar-refractivity contribution < 1.29 is 9.59 Å². The van der Waals surface area contributed by atoms with Gasteiger partial charge in [-0.2, -0.15) is 0 Å². The molecule has 0 saturated carbocycles. The molecule has 0 saturated heterocycles. The summed E-state index contributed by atoms with van der Waals surface area (Å²) in [6, 6.07) is 15.4. The third-order valence-electron chi connectivity index (χ3n) is 6.01. The van der Waals surface area contributed by atoms with Gasteiger partial charge in [-0.3, -0.25) is 19.9 Å². The number of nitrogens with one attached hydrogen (secondary N) is 3. The molecule has 7 nitrogen and oxygen atoms in total. The van der Waals surface area contributed by atoms with Crippen LogP contribution in [0.15, 0.2) is 60.9 Å². The molecule has 0 spiro atoms. The van der Waals surface area contributed by atoms with Gasteiger partial charge in [0.2, 0.25) is 0 Å². The molecule has 4 aromatic rings. The number of carbonyl (C=O) groups excluding carboxylic acids is 2. The molecular formula is C26H25N5O2S2. The number of fused-ring (bicyclic) bond motifs is 1. The van der Waals surface area contributed by atoms with Crippen LogP contribution in [0.2, 0.25) is 0 Å². The van der Waals surface area contributed by atoms with Crippen LogP contribution in [-0.2, 0) is 19.4 Å². The first-order valence-electron chi connectivity index (χ1n) is 11.4. The first kappa shape index (κ1) is 23.3. The Morgan fingerprint density at radius 1 is 1.06 bits per heavy atom. The minimum atomic E-state index is -0.199. The molecule has 1 aliphatic carbocycles. The SMILES string of the molecule is CNC1CCc2nc(NC(=O)c3cccc(CNC(=O)c4ccc(-c5ccncc5)s4)c3)sc2C1. The Morgan fingerprint density at radius 3 is 2.74 bits per heavy atom. The number of thiazole rings is 1. The van der Waals surface area contributed by atoms with Gasteiger partial charge in [0.15, 0.2) is 5.13 Å². The number of anilines is 1. The van der Waals surface area contributed by atoms with E-state index >= 15 is 0 Å². The lowest BCUT2D eigenvalue weighted by molar-refractivity contribution is 0.0954. The van der Waals surface area contributed by atoms with Crippen LogP contribution in [0.5, 0.6) is 0 Å². The minimum Gasteiger partial charge on any atom is -0.347 e. The Labute approximate surface area is 211 Å². The van der Waals surface area contributed by atoms with E-state index in [1.54, 1.807) is 35.9 Å². The van der Waals surface area contributed by atoms with E-state index in [-0.39, 0.29) is 11.8 Å².